The Morgan fingerprint density at radius 3 is 2.67 bits per heavy atom. The normalized spacial score (nSPS) is 18.1. The third kappa shape index (κ3) is 2.68. The molecule has 0 aromatic carbocycles. The quantitative estimate of drug-likeness (QED) is 0.630. The predicted molar refractivity (Wildman–Crippen MR) is 60.8 cm³/mol. The van der Waals surface area contributed by atoms with E-state index in [1.54, 1.807) is 12.1 Å². The fourth-order valence-corrected chi connectivity index (χ4v) is 1.26. The minimum atomic E-state index is -4.46. The van der Waals surface area contributed by atoms with E-state index in [9.17, 15) is 13.2 Å². The molecule has 0 amide bonds. The van der Waals surface area contributed by atoms with Gasteiger partial charge in [-0.1, -0.05) is 0 Å². The van der Waals surface area contributed by atoms with Crippen molar-refractivity contribution >= 4 is 17.3 Å². The number of rotatable bonds is 2. The van der Waals surface area contributed by atoms with Gasteiger partial charge in [-0.05, 0) is 24.3 Å². The maximum Gasteiger partial charge on any atom is 0.416 e. The number of nitrogens with zero attached hydrogens (tertiary/aromatic N) is 1. The molecule has 1 heterocycles. The van der Waals surface area contributed by atoms with E-state index < -0.39 is 11.7 Å². The van der Waals surface area contributed by atoms with Gasteiger partial charge in [0, 0.05) is 6.07 Å². The van der Waals surface area contributed by atoms with Gasteiger partial charge >= 0.3 is 6.18 Å². The fraction of sp³-hybridized carbons (Fsp3) is 0.0909. The molecule has 0 unspecified atom stereocenters. The summed E-state index contributed by atoms with van der Waals surface area (Å²) in [5.41, 5.74) is 1.36. The number of hydrogen-bond donors (Lipinski definition) is 2. The molecule has 4 nitrogen and oxygen atoms in total. The summed E-state index contributed by atoms with van der Waals surface area (Å²) in [5.74, 6) is 0.284. The van der Waals surface area contributed by atoms with Gasteiger partial charge in [-0.25, -0.2) is 5.43 Å². The molecule has 0 bridgehead atoms. The maximum atomic E-state index is 12.5. The van der Waals surface area contributed by atoms with Crippen LogP contribution in [0, 0.1) is 5.41 Å². The molecule has 0 saturated heterocycles. The zero-order valence-corrected chi connectivity index (χ0v) is 8.95. The lowest BCUT2D eigenvalue weighted by Crippen LogP contribution is -2.20. The van der Waals surface area contributed by atoms with Gasteiger partial charge in [-0.2, -0.15) is 18.3 Å². The molecule has 18 heavy (non-hydrogen) atoms. The Labute approximate surface area is 100.0 Å². The first-order chi connectivity index (χ1) is 8.47. The second-order valence-electron chi connectivity index (χ2n) is 3.43. The zero-order chi connectivity index (χ0) is 13.2. The molecule has 1 aromatic heterocycles. The maximum absolute atomic E-state index is 12.5. The number of anilines is 1. The topological polar surface area (TPSA) is 61.4 Å². The van der Waals surface area contributed by atoms with Crippen LogP contribution in [0.5, 0.6) is 0 Å². The van der Waals surface area contributed by atoms with Crippen LogP contribution in [-0.2, 0) is 0 Å². The van der Waals surface area contributed by atoms with Crippen molar-refractivity contribution < 1.29 is 17.6 Å². The van der Waals surface area contributed by atoms with Crippen LogP contribution < -0.4 is 5.43 Å². The number of nitrogens with one attached hydrogen (secondary N) is 2. The number of alkyl halides is 3. The van der Waals surface area contributed by atoms with Gasteiger partial charge in [0.2, 0.25) is 5.88 Å². The standard InChI is InChI=1S/C11H8F3N3O/c12-11(13,14)7-3-4-8(15)9(6-7)16-17-10-2-1-5-18-10/h1-6,15,17H/b15-8?,16-9-. The zero-order valence-electron chi connectivity index (χ0n) is 8.95. The Morgan fingerprint density at radius 2 is 2.06 bits per heavy atom. The highest BCUT2D eigenvalue weighted by Gasteiger charge is 2.33. The summed E-state index contributed by atoms with van der Waals surface area (Å²) in [6.45, 7) is 0. The minimum Gasteiger partial charge on any atom is -0.447 e. The van der Waals surface area contributed by atoms with Gasteiger partial charge in [0.25, 0.3) is 0 Å². The van der Waals surface area contributed by atoms with Crippen LogP contribution in [-0.4, -0.2) is 17.6 Å². The van der Waals surface area contributed by atoms with E-state index in [-0.39, 0.29) is 17.3 Å². The Balaban J connectivity index is 2.21. The van der Waals surface area contributed by atoms with Crippen molar-refractivity contribution in [1.29, 1.82) is 5.41 Å². The lowest BCUT2D eigenvalue weighted by Gasteiger charge is -2.12. The Bertz CT molecular complexity index is 538. The average Bonchev–Trinajstić information content (AvgIpc) is 2.79. The van der Waals surface area contributed by atoms with Crippen molar-refractivity contribution in [1.82, 2.24) is 0 Å². The van der Waals surface area contributed by atoms with Crippen LogP contribution in [0.3, 0.4) is 0 Å². The van der Waals surface area contributed by atoms with E-state index >= 15 is 0 Å². The van der Waals surface area contributed by atoms with Crippen LogP contribution in [0.25, 0.3) is 0 Å². The highest BCUT2D eigenvalue weighted by molar-refractivity contribution is 6.50. The first kappa shape index (κ1) is 12.2. The number of hydrogen-bond acceptors (Lipinski definition) is 4. The van der Waals surface area contributed by atoms with Gasteiger partial charge in [-0.3, -0.25) is 5.41 Å². The van der Waals surface area contributed by atoms with Crippen molar-refractivity contribution in [3.63, 3.8) is 0 Å². The van der Waals surface area contributed by atoms with Gasteiger partial charge in [0.05, 0.1) is 17.5 Å². The van der Waals surface area contributed by atoms with Crippen molar-refractivity contribution in [3.8, 4) is 0 Å². The number of furan rings is 1. The lowest BCUT2D eigenvalue weighted by atomic mass is 10.0. The minimum absolute atomic E-state index is 0.109. The fourth-order valence-electron chi connectivity index (χ4n) is 1.26. The molecular weight excluding hydrogens is 247 g/mol. The Morgan fingerprint density at radius 1 is 1.28 bits per heavy atom. The predicted octanol–water partition coefficient (Wildman–Crippen LogP) is 3.13. The molecule has 94 valence electrons. The Kier molecular flexibility index (Phi) is 3.05. The van der Waals surface area contributed by atoms with E-state index in [2.05, 4.69) is 10.5 Å². The highest BCUT2D eigenvalue weighted by Crippen LogP contribution is 2.28. The summed E-state index contributed by atoms with van der Waals surface area (Å²) in [5, 5.41) is 11.2. The highest BCUT2D eigenvalue weighted by atomic mass is 19.4. The molecule has 0 radical (unpaired) electrons. The van der Waals surface area contributed by atoms with E-state index in [1.165, 1.54) is 6.26 Å². The van der Waals surface area contributed by atoms with Gasteiger partial charge in [-0.15, -0.1) is 0 Å². The molecule has 2 rings (SSSR count). The Hall–Kier alpha value is -2.31. The number of hydrazone groups is 1. The third-order valence-corrected chi connectivity index (χ3v) is 2.13. The lowest BCUT2D eigenvalue weighted by molar-refractivity contribution is -0.0881. The third-order valence-electron chi connectivity index (χ3n) is 2.13. The van der Waals surface area contributed by atoms with Crippen LogP contribution in [0.1, 0.15) is 0 Å². The second kappa shape index (κ2) is 4.52. The first-order valence-electron chi connectivity index (χ1n) is 4.90. The summed E-state index contributed by atoms with van der Waals surface area (Å²) in [6, 6.07) is 3.16. The largest absolute Gasteiger partial charge is 0.447 e. The number of allylic oxidation sites excluding steroid dienone is 4. The summed E-state index contributed by atoms with van der Waals surface area (Å²) in [6.07, 6.45) is -0.369. The molecule has 0 fully saturated rings. The molecule has 0 saturated carbocycles. The molecule has 0 aliphatic heterocycles. The molecule has 1 aromatic rings. The van der Waals surface area contributed by atoms with Crippen LogP contribution >= 0.6 is 0 Å². The SMILES string of the molecule is N=C1C=CC(C(F)(F)F)=C/C1=N/Nc1ccco1. The molecule has 7 heteroatoms. The molecule has 0 atom stereocenters. The van der Waals surface area contributed by atoms with E-state index in [1.807, 2.05) is 0 Å². The summed E-state index contributed by atoms with van der Waals surface area (Å²) >= 11 is 0. The van der Waals surface area contributed by atoms with E-state index in [0.29, 0.717) is 0 Å². The van der Waals surface area contributed by atoms with Gasteiger partial charge in [0.15, 0.2) is 0 Å². The summed E-state index contributed by atoms with van der Waals surface area (Å²) in [4.78, 5) is 0. The molecular formula is C11H8F3N3O. The first-order valence-corrected chi connectivity index (χ1v) is 4.90. The molecule has 1 aliphatic rings. The smallest absolute Gasteiger partial charge is 0.416 e. The number of halogens is 3. The van der Waals surface area contributed by atoms with E-state index in [4.69, 9.17) is 9.83 Å². The molecule has 1 aliphatic carbocycles. The molecule has 2 N–H and O–H groups in total. The second-order valence-corrected chi connectivity index (χ2v) is 3.43. The average molecular weight is 255 g/mol. The van der Waals surface area contributed by atoms with Crippen molar-refractivity contribution in [2.75, 3.05) is 5.43 Å². The molecule has 0 spiro atoms. The van der Waals surface area contributed by atoms with Crippen LogP contribution in [0.15, 0.2) is 51.7 Å². The van der Waals surface area contributed by atoms with Crippen molar-refractivity contribution in [3.05, 3.63) is 42.2 Å². The summed E-state index contributed by atoms with van der Waals surface area (Å²) in [7, 11) is 0. The van der Waals surface area contributed by atoms with Crippen molar-refractivity contribution in [2.45, 2.75) is 6.18 Å². The van der Waals surface area contributed by atoms with Crippen LogP contribution in [0.4, 0.5) is 19.1 Å². The van der Waals surface area contributed by atoms with Gasteiger partial charge < -0.3 is 4.42 Å². The monoisotopic (exact) mass is 255 g/mol. The van der Waals surface area contributed by atoms with Crippen LogP contribution in [0.2, 0.25) is 0 Å². The summed E-state index contributed by atoms with van der Waals surface area (Å²) < 4.78 is 42.3. The van der Waals surface area contributed by atoms with Gasteiger partial charge in [0.1, 0.15) is 5.71 Å². The van der Waals surface area contributed by atoms with E-state index in [0.717, 1.165) is 18.2 Å². The van der Waals surface area contributed by atoms with Crippen molar-refractivity contribution in [2.24, 2.45) is 5.10 Å².